The van der Waals surface area contributed by atoms with Crippen molar-refractivity contribution in [3.63, 3.8) is 0 Å². The summed E-state index contributed by atoms with van der Waals surface area (Å²) in [6.45, 7) is 5.38. The first-order valence-electron chi connectivity index (χ1n) is 6.00. The molecule has 0 fully saturated rings. The number of hydrogen-bond acceptors (Lipinski definition) is 5. The van der Waals surface area contributed by atoms with Gasteiger partial charge in [-0.3, -0.25) is 0 Å². The molecule has 106 valence electrons. The van der Waals surface area contributed by atoms with Crippen molar-refractivity contribution in [2.45, 2.75) is 26.4 Å². The number of aromatic nitrogens is 2. The first-order chi connectivity index (χ1) is 9.31. The lowest BCUT2D eigenvalue weighted by molar-refractivity contribution is 0.0543. The quantitative estimate of drug-likeness (QED) is 0.358. The summed E-state index contributed by atoms with van der Waals surface area (Å²) < 4.78 is 6.60. The summed E-state index contributed by atoms with van der Waals surface area (Å²) in [5, 5.41) is 12.2. The van der Waals surface area contributed by atoms with Crippen molar-refractivity contribution in [2.24, 2.45) is 10.9 Å². The Morgan fingerprint density at radius 2 is 2.20 bits per heavy atom. The third kappa shape index (κ3) is 2.71. The van der Waals surface area contributed by atoms with Gasteiger partial charge in [0.25, 0.3) is 0 Å². The van der Waals surface area contributed by atoms with Gasteiger partial charge in [-0.1, -0.05) is 5.16 Å². The zero-order chi connectivity index (χ0) is 14.9. The summed E-state index contributed by atoms with van der Waals surface area (Å²) in [5.74, 6) is -0.0376. The molecule has 7 nitrogen and oxygen atoms in total. The Balaban J connectivity index is 2.41. The van der Waals surface area contributed by atoms with Crippen LogP contribution >= 0.6 is 0 Å². The topological polar surface area (TPSA) is 103 Å². The van der Waals surface area contributed by atoms with Crippen molar-refractivity contribution in [2.75, 3.05) is 0 Å². The lowest BCUT2D eigenvalue weighted by Crippen LogP contribution is -2.26. The van der Waals surface area contributed by atoms with Crippen LogP contribution < -0.4 is 5.73 Å². The van der Waals surface area contributed by atoms with E-state index in [0.29, 0.717) is 16.6 Å². The molecule has 0 aliphatic rings. The molecule has 0 saturated heterocycles. The fourth-order valence-corrected chi connectivity index (χ4v) is 1.68. The van der Waals surface area contributed by atoms with Crippen LogP contribution in [0, 0.1) is 0 Å². The smallest absolute Gasteiger partial charge is 0.420 e. The van der Waals surface area contributed by atoms with Gasteiger partial charge in [0.2, 0.25) is 0 Å². The highest BCUT2D eigenvalue weighted by Crippen LogP contribution is 2.17. The summed E-state index contributed by atoms with van der Waals surface area (Å²) in [6, 6.07) is 3.39. The summed E-state index contributed by atoms with van der Waals surface area (Å²) in [7, 11) is 0. The van der Waals surface area contributed by atoms with Gasteiger partial charge in [0, 0.05) is 23.3 Å². The molecule has 7 heteroatoms. The Morgan fingerprint density at radius 3 is 2.80 bits per heavy atom. The molecule has 0 spiro atoms. The number of nitrogens with two attached hydrogens (primary N) is 1. The van der Waals surface area contributed by atoms with Crippen LogP contribution in [0.15, 0.2) is 29.7 Å². The van der Waals surface area contributed by atoms with Gasteiger partial charge < -0.3 is 15.7 Å². The fraction of sp³-hybridized carbons (Fsp3) is 0.308. The van der Waals surface area contributed by atoms with Crippen LogP contribution in [-0.2, 0) is 4.74 Å². The summed E-state index contributed by atoms with van der Waals surface area (Å²) in [4.78, 5) is 16.2. The van der Waals surface area contributed by atoms with Crippen LogP contribution in [0.5, 0.6) is 0 Å². The van der Waals surface area contributed by atoms with Crippen molar-refractivity contribution < 1.29 is 14.7 Å². The van der Waals surface area contributed by atoms with Gasteiger partial charge >= 0.3 is 6.09 Å². The molecule has 2 rings (SSSR count). The molecular formula is C13H16N4O3. The minimum Gasteiger partial charge on any atom is -0.443 e. The average molecular weight is 276 g/mol. The lowest BCUT2D eigenvalue weighted by Gasteiger charge is -2.19. The summed E-state index contributed by atoms with van der Waals surface area (Å²) in [5.41, 5.74) is 5.84. The zero-order valence-corrected chi connectivity index (χ0v) is 11.5. The largest absolute Gasteiger partial charge is 0.443 e. The van der Waals surface area contributed by atoms with Crippen LogP contribution in [0.2, 0.25) is 0 Å². The summed E-state index contributed by atoms with van der Waals surface area (Å²) >= 11 is 0. The molecule has 2 heterocycles. The zero-order valence-electron chi connectivity index (χ0n) is 11.5. The van der Waals surface area contributed by atoms with E-state index in [4.69, 9.17) is 15.7 Å². The Labute approximate surface area is 115 Å². The fourth-order valence-electron chi connectivity index (χ4n) is 1.68. The normalized spacial score (nSPS) is 12.7. The van der Waals surface area contributed by atoms with E-state index < -0.39 is 11.7 Å². The molecule has 0 unspecified atom stereocenters. The number of nitrogens with zero attached hydrogens (tertiary/aromatic N) is 3. The van der Waals surface area contributed by atoms with Crippen LogP contribution in [-0.4, -0.2) is 32.3 Å². The molecule has 0 amide bonds. The molecule has 0 bridgehead atoms. The monoisotopic (exact) mass is 276 g/mol. The van der Waals surface area contributed by atoms with Crippen LogP contribution in [0.3, 0.4) is 0 Å². The highest BCUT2D eigenvalue weighted by Gasteiger charge is 2.19. The number of rotatable bonds is 1. The summed E-state index contributed by atoms with van der Waals surface area (Å²) in [6.07, 6.45) is 2.50. The van der Waals surface area contributed by atoms with Crippen molar-refractivity contribution in [3.8, 4) is 0 Å². The van der Waals surface area contributed by atoms with Crippen LogP contribution in [0.4, 0.5) is 4.79 Å². The van der Waals surface area contributed by atoms with Crippen molar-refractivity contribution in [1.29, 1.82) is 0 Å². The van der Waals surface area contributed by atoms with Gasteiger partial charge in [-0.25, -0.2) is 14.3 Å². The van der Waals surface area contributed by atoms with E-state index >= 15 is 0 Å². The minimum absolute atomic E-state index is 0.0376. The average Bonchev–Trinajstić information content (AvgIpc) is 2.78. The maximum atomic E-state index is 12.0. The highest BCUT2D eigenvalue weighted by atomic mass is 16.6. The van der Waals surface area contributed by atoms with Crippen LogP contribution in [0.1, 0.15) is 26.3 Å². The third-order valence-electron chi connectivity index (χ3n) is 2.52. The Kier molecular flexibility index (Phi) is 3.35. The number of pyridine rings is 1. The number of carbonyl (C=O) groups is 1. The number of hydrogen-bond donors (Lipinski definition) is 2. The van der Waals surface area contributed by atoms with E-state index in [2.05, 4.69) is 10.1 Å². The Morgan fingerprint density at radius 1 is 1.50 bits per heavy atom. The van der Waals surface area contributed by atoms with E-state index in [-0.39, 0.29) is 5.84 Å². The van der Waals surface area contributed by atoms with E-state index in [1.54, 1.807) is 39.1 Å². The van der Waals surface area contributed by atoms with Gasteiger partial charge in [-0.05, 0) is 32.9 Å². The minimum atomic E-state index is -0.582. The predicted octanol–water partition coefficient (Wildman–Crippen LogP) is 1.91. The van der Waals surface area contributed by atoms with Gasteiger partial charge in [0.05, 0.1) is 0 Å². The number of carbonyl (C=O) groups excluding carboxylic acids is 1. The molecule has 0 aliphatic heterocycles. The maximum Gasteiger partial charge on any atom is 0.420 e. The van der Waals surface area contributed by atoms with Gasteiger partial charge in [0.1, 0.15) is 11.2 Å². The predicted molar refractivity (Wildman–Crippen MR) is 73.9 cm³/mol. The number of oxime groups is 1. The second kappa shape index (κ2) is 4.84. The lowest BCUT2D eigenvalue weighted by atomic mass is 10.2. The van der Waals surface area contributed by atoms with Gasteiger partial charge in [0.15, 0.2) is 5.84 Å². The van der Waals surface area contributed by atoms with Crippen LogP contribution in [0.25, 0.3) is 11.0 Å². The van der Waals surface area contributed by atoms with E-state index in [1.165, 1.54) is 10.8 Å². The molecule has 0 atom stereocenters. The third-order valence-corrected chi connectivity index (χ3v) is 2.52. The second-order valence-corrected chi connectivity index (χ2v) is 5.29. The molecule has 0 radical (unpaired) electrons. The van der Waals surface area contributed by atoms with Crippen molar-refractivity contribution >= 4 is 23.0 Å². The van der Waals surface area contributed by atoms with Gasteiger partial charge in [-0.15, -0.1) is 0 Å². The SMILES string of the molecule is CC(C)(C)OC(=O)n1ccc2cc(/C(N)=N/O)cnc21. The molecule has 3 N–H and O–H groups in total. The maximum absolute atomic E-state index is 12.0. The van der Waals surface area contributed by atoms with E-state index in [1.807, 2.05) is 0 Å². The van der Waals surface area contributed by atoms with Crippen molar-refractivity contribution in [1.82, 2.24) is 9.55 Å². The highest BCUT2D eigenvalue weighted by molar-refractivity contribution is 6.00. The number of ether oxygens (including phenoxy) is 1. The number of amidine groups is 1. The number of fused-ring (bicyclic) bond motifs is 1. The van der Waals surface area contributed by atoms with Gasteiger partial charge in [-0.2, -0.15) is 0 Å². The molecule has 2 aromatic heterocycles. The molecule has 0 aromatic carbocycles. The first-order valence-corrected chi connectivity index (χ1v) is 6.00. The molecule has 0 aliphatic carbocycles. The molecule has 0 saturated carbocycles. The standard InChI is InChI=1S/C13H16N4O3/c1-13(2,3)20-12(18)17-5-4-8-6-9(10(14)16-19)7-15-11(8)17/h4-7,19H,1-3H3,(H2,14,16). The Bertz CT molecular complexity index is 682. The first kappa shape index (κ1) is 13.9. The van der Waals surface area contributed by atoms with Crippen molar-refractivity contribution in [3.05, 3.63) is 30.1 Å². The molecule has 2 aromatic rings. The van der Waals surface area contributed by atoms with E-state index in [0.717, 1.165) is 0 Å². The Hall–Kier alpha value is -2.57. The molecule has 20 heavy (non-hydrogen) atoms. The molecular weight excluding hydrogens is 260 g/mol. The second-order valence-electron chi connectivity index (χ2n) is 5.29. The van der Waals surface area contributed by atoms with E-state index in [9.17, 15) is 4.79 Å².